The van der Waals surface area contributed by atoms with Crippen molar-refractivity contribution in [2.75, 3.05) is 33.0 Å². The lowest BCUT2D eigenvalue weighted by Gasteiger charge is -2.32. The average Bonchev–Trinajstić information content (AvgIpc) is 3.32. The van der Waals surface area contributed by atoms with E-state index in [9.17, 15) is 4.79 Å². The summed E-state index contributed by atoms with van der Waals surface area (Å²) in [5.74, 6) is 4.10. The number of carbonyl (C=O) groups excluding carboxylic acids is 1. The highest BCUT2D eigenvalue weighted by atomic mass is 16.5. The Morgan fingerprint density at radius 1 is 1.12 bits per heavy atom. The van der Waals surface area contributed by atoms with Gasteiger partial charge < -0.3 is 20.1 Å². The quantitative estimate of drug-likeness (QED) is 0.703. The Bertz CT molecular complexity index is 438. The maximum atomic E-state index is 12.1. The highest BCUT2D eigenvalue weighted by Crippen LogP contribution is 2.58. The minimum atomic E-state index is 0.0197. The Balaban J connectivity index is 1.08. The molecule has 0 unspecified atom stereocenters. The zero-order valence-electron chi connectivity index (χ0n) is 14.7. The van der Waals surface area contributed by atoms with E-state index in [0.29, 0.717) is 25.1 Å². The normalized spacial score (nSPS) is 40.0. The van der Waals surface area contributed by atoms with Crippen molar-refractivity contribution in [2.45, 2.75) is 51.0 Å². The monoisotopic (exact) mass is 336 g/mol. The second kappa shape index (κ2) is 7.61. The fourth-order valence-electron chi connectivity index (χ4n) is 5.79. The summed E-state index contributed by atoms with van der Waals surface area (Å²) in [4.78, 5) is 12.1. The van der Waals surface area contributed by atoms with Gasteiger partial charge in [0.05, 0.1) is 13.2 Å². The summed E-state index contributed by atoms with van der Waals surface area (Å²) in [5, 5.41) is 6.25. The van der Waals surface area contributed by atoms with E-state index in [1.165, 1.54) is 32.1 Å². The van der Waals surface area contributed by atoms with E-state index >= 15 is 0 Å². The molecule has 136 valence electrons. The molecule has 4 aliphatic rings. The lowest BCUT2D eigenvalue weighted by molar-refractivity contribution is 0.0885. The number of hydrogen-bond acceptors (Lipinski definition) is 3. The summed E-state index contributed by atoms with van der Waals surface area (Å²) in [6, 6.07) is 0.444. The van der Waals surface area contributed by atoms with E-state index in [4.69, 9.17) is 9.47 Å². The fourth-order valence-corrected chi connectivity index (χ4v) is 5.79. The van der Waals surface area contributed by atoms with Gasteiger partial charge in [0.25, 0.3) is 0 Å². The minimum Gasteiger partial charge on any atom is -0.381 e. The van der Waals surface area contributed by atoms with Crippen LogP contribution in [0.2, 0.25) is 0 Å². The van der Waals surface area contributed by atoms with Crippen LogP contribution in [0.25, 0.3) is 0 Å². The van der Waals surface area contributed by atoms with Crippen molar-refractivity contribution < 1.29 is 14.3 Å². The molecular weight excluding hydrogens is 304 g/mol. The van der Waals surface area contributed by atoms with Gasteiger partial charge in [-0.1, -0.05) is 6.42 Å². The van der Waals surface area contributed by atoms with E-state index in [1.54, 1.807) is 0 Å². The molecule has 4 rings (SSSR count). The summed E-state index contributed by atoms with van der Waals surface area (Å²) in [5.41, 5.74) is 0. The van der Waals surface area contributed by atoms with Gasteiger partial charge in [-0.25, -0.2) is 4.79 Å². The highest BCUT2D eigenvalue weighted by molar-refractivity contribution is 5.74. The van der Waals surface area contributed by atoms with Gasteiger partial charge in [-0.15, -0.1) is 0 Å². The molecule has 5 nitrogen and oxygen atoms in total. The maximum absolute atomic E-state index is 12.1. The van der Waals surface area contributed by atoms with E-state index < -0.39 is 0 Å². The molecule has 3 aliphatic carbocycles. The molecule has 0 spiro atoms. The number of ether oxygens (including phenoxy) is 2. The Morgan fingerprint density at radius 2 is 2.04 bits per heavy atom. The molecule has 6 atom stereocenters. The number of hydrogen-bond donors (Lipinski definition) is 2. The Morgan fingerprint density at radius 3 is 2.92 bits per heavy atom. The number of amides is 2. The van der Waals surface area contributed by atoms with Crippen LogP contribution in [0.4, 0.5) is 4.79 Å². The van der Waals surface area contributed by atoms with Crippen molar-refractivity contribution in [3.05, 3.63) is 0 Å². The van der Waals surface area contributed by atoms with Gasteiger partial charge in [0.1, 0.15) is 0 Å². The SMILES string of the molecule is O=C(NCCCOC[C@@H]1CCOC1)N[C@@H]1C[C@H]2C[C@H]1[C@H]1CCC[C@@H]21. The fraction of sp³-hybridized carbons (Fsp3) is 0.947. The van der Waals surface area contributed by atoms with Crippen molar-refractivity contribution in [1.82, 2.24) is 10.6 Å². The van der Waals surface area contributed by atoms with E-state index in [1.807, 2.05) is 0 Å². The summed E-state index contributed by atoms with van der Waals surface area (Å²) >= 11 is 0. The lowest BCUT2D eigenvalue weighted by Crippen LogP contribution is -2.47. The van der Waals surface area contributed by atoms with Crippen molar-refractivity contribution in [3.8, 4) is 0 Å². The second-order valence-electron chi connectivity index (χ2n) is 8.32. The lowest BCUT2D eigenvalue weighted by atomic mass is 9.79. The minimum absolute atomic E-state index is 0.0197. The van der Waals surface area contributed by atoms with Gasteiger partial charge in [-0.05, 0) is 62.2 Å². The Labute approximate surface area is 145 Å². The van der Waals surface area contributed by atoms with Crippen LogP contribution in [0.15, 0.2) is 0 Å². The van der Waals surface area contributed by atoms with Gasteiger partial charge in [0.15, 0.2) is 0 Å². The van der Waals surface area contributed by atoms with Crippen molar-refractivity contribution in [1.29, 1.82) is 0 Å². The summed E-state index contributed by atoms with van der Waals surface area (Å²) in [7, 11) is 0. The molecule has 0 aromatic carbocycles. The molecular formula is C19H32N2O3. The first-order chi connectivity index (χ1) is 11.8. The highest BCUT2D eigenvalue weighted by Gasteiger charge is 2.53. The number of urea groups is 1. The van der Waals surface area contributed by atoms with Gasteiger partial charge in [0.2, 0.25) is 0 Å². The molecule has 2 N–H and O–H groups in total. The Kier molecular flexibility index (Phi) is 5.28. The molecule has 1 aliphatic heterocycles. The molecule has 1 heterocycles. The van der Waals surface area contributed by atoms with Crippen LogP contribution >= 0.6 is 0 Å². The molecule has 24 heavy (non-hydrogen) atoms. The van der Waals surface area contributed by atoms with Crippen molar-refractivity contribution in [3.63, 3.8) is 0 Å². The topological polar surface area (TPSA) is 59.6 Å². The standard InChI is InChI=1S/C19H32N2O3/c22-19(20-6-2-7-23-11-13-5-8-24-12-13)21-18-10-14-9-17(18)16-4-1-3-15(14)16/h13-18H,1-12H2,(H2,20,21,22)/t13-,14+,15-,16-,17-,18+/m0/s1. The molecule has 3 saturated carbocycles. The largest absolute Gasteiger partial charge is 0.381 e. The molecule has 2 bridgehead atoms. The van der Waals surface area contributed by atoms with Crippen LogP contribution in [0.5, 0.6) is 0 Å². The summed E-state index contributed by atoms with van der Waals surface area (Å²) < 4.78 is 11.0. The smallest absolute Gasteiger partial charge is 0.315 e. The predicted octanol–water partition coefficient (Wildman–Crippen LogP) is 2.55. The van der Waals surface area contributed by atoms with E-state index in [0.717, 1.165) is 56.3 Å². The predicted molar refractivity (Wildman–Crippen MR) is 91.7 cm³/mol. The zero-order valence-corrected chi connectivity index (χ0v) is 14.7. The second-order valence-corrected chi connectivity index (χ2v) is 8.32. The van der Waals surface area contributed by atoms with Gasteiger partial charge in [-0.2, -0.15) is 0 Å². The Hall–Kier alpha value is -0.810. The van der Waals surface area contributed by atoms with Gasteiger partial charge in [-0.3, -0.25) is 0 Å². The van der Waals surface area contributed by atoms with E-state index in [-0.39, 0.29) is 6.03 Å². The van der Waals surface area contributed by atoms with Crippen LogP contribution in [-0.2, 0) is 9.47 Å². The third-order valence-corrected chi connectivity index (χ3v) is 6.87. The molecule has 0 radical (unpaired) electrons. The van der Waals surface area contributed by atoms with Gasteiger partial charge >= 0.3 is 6.03 Å². The maximum Gasteiger partial charge on any atom is 0.315 e. The van der Waals surface area contributed by atoms with Crippen LogP contribution in [0.1, 0.15) is 44.9 Å². The third-order valence-electron chi connectivity index (χ3n) is 6.87. The van der Waals surface area contributed by atoms with Crippen molar-refractivity contribution in [2.24, 2.45) is 29.6 Å². The summed E-state index contributed by atoms with van der Waals surface area (Å²) in [6.07, 6.45) is 8.82. The molecule has 5 heteroatoms. The van der Waals surface area contributed by atoms with Crippen LogP contribution in [0, 0.1) is 29.6 Å². The van der Waals surface area contributed by atoms with Crippen molar-refractivity contribution >= 4 is 6.03 Å². The van der Waals surface area contributed by atoms with Crippen LogP contribution in [-0.4, -0.2) is 45.0 Å². The van der Waals surface area contributed by atoms with E-state index in [2.05, 4.69) is 10.6 Å². The average molecular weight is 336 g/mol. The molecule has 0 aromatic heterocycles. The first-order valence-electron chi connectivity index (χ1n) is 10.0. The molecule has 0 aromatic rings. The van der Waals surface area contributed by atoms with Crippen LogP contribution < -0.4 is 10.6 Å². The zero-order chi connectivity index (χ0) is 16.4. The number of fused-ring (bicyclic) bond motifs is 5. The van der Waals surface area contributed by atoms with Gasteiger partial charge in [0, 0.05) is 31.7 Å². The first-order valence-corrected chi connectivity index (χ1v) is 10.0. The number of carbonyl (C=O) groups is 1. The van der Waals surface area contributed by atoms with Crippen LogP contribution in [0.3, 0.4) is 0 Å². The number of nitrogens with one attached hydrogen (secondary N) is 2. The third kappa shape index (κ3) is 3.57. The number of rotatable bonds is 7. The first kappa shape index (κ1) is 16.6. The summed E-state index contributed by atoms with van der Waals surface area (Å²) in [6.45, 7) is 3.92. The molecule has 4 fully saturated rings. The molecule has 1 saturated heterocycles. The molecule has 2 amide bonds.